The van der Waals surface area contributed by atoms with Crippen molar-refractivity contribution in [2.45, 2.75) is 42.7 Å². The summed E-state index contributed by atoms with van der Waals surface area (Å²) >= 11 is 1.22. The lowest BCUT2D eigenvalue weighted by Crippen LogP contribution is -2.45. The summed E-state index contributed by atoms with van der Waals surface area (Å²) in [5, 5.41) is 4.77. The maximum absolute atomic E-state index is 12.6. The molecule has 1 atom stereocenters. The molecule has 1 saturated heterocycles. The van der Waals surface area contributed by atoms with Gasteiger partial charge < -0.3 is 5.32 Å². The lowest BCUT2D eigenvalue weighted by Gasteiger charge is -2.31. The third-order valence-electron chi connectivity index (χ3n) is 4.72. The Morgan fingerprint density at radius 1 is 1.33 bits per heavy atom. The van der Waals surface area contributed by atoms with Crippen LogP contribution in [0.15, 0.2) is 33.4 Å². The number of rotatable bonds is 5. The highest BCUT2D eigenvalue weighted by Crippen LogP contribution is 2.26. The molecule has 7 heteroatoms. The number of nitrogens with zero attached hydrogens (tertiary/aromatic N) is 1. The summed E-state index contributed by atoms with van der Waals surface area (Å²) in [5.74, 6) is -0.273. The normalized spacial score (nSPS) is 22.8. The lowest BCUT2D eigenvalue weighted by molar-refractivity contribution is -0.125. The topological polar surface area (TPSA) is 66.5 Å². The molecule has 1 aromatic rings. The van der Waals surface area contributed by atoms with Crippen LogP contribution >= 0.6 is 11.3 Å². The molecule has 2 heterocycles. The summed E-state index contributed by atoms with van der Waals surface area (Å²) < 4.78 is 27.1. The number of piperidine rings is 1. The zero-order chi connectivity index (χ0) is 17.0. The van der Waals surface area contributed by atoms with E-state index in [0.717, 1.165) is 25.7 Å². The number of carbonyl (C=O) groups is 1. The molecule has 5 nitrogen and oxygen atoms in total. The number of sulfonamides is 1. The number of hydrogen-bond acceptors (Lipinski definition) is 4. The van der Waals surface area contributed by atoms with Gasteiger partial charge >= 0.3 is 0 Å². The van der Waals surface area contributed by atoms with E-state index in [1.54, 1.807) is 17.5 Å². The summed E-state index contributed by atoms with van der Waals surface area (Å²) in [5.41, 5.74) is 1.30. The monoisotopic (exact) mass is 368 g/mol. The largest absolute Gasteiger partial charge is 0.352 e. The van der Waals surface area contributed by atoms with Crippen molar-refractivity contribution in [3.05, 3.63) is 29.2 Å². The number of carbonyl (C=O) groups excluding carboxylic acids is 1. The first-order valence-electron chi connectivity index (χ1n) is 8.56. The molecule has 1 amide bonds. The van der Waals surface area contributed by atoms with Gasteiger partial charge in [-0.05, 0) is 50.0 Å². The van der Waals surface area contributed by atoms with Crippen LogP contribution < -0.4 is 5.32 Å². The Hall–Kier alpha value is -1.18. The molecule has 1 fully saturated rings. The van der Waals surface area contributed by atoms with Gasteiger partial charge in [0.25, 0.3) is 10.0 Å². The van der Waals surface area contributed by atoms with Gasteiger partial charge in [0.15, 0.2) is 0 Å². The minimum absolute atomic E-state index is 0.0208. The Morgan fingerprint density at radius 2 is 2.21 bits per heavy atom. The van der Waals surface area contributed by atoms with E-state index in [9.17, 15) is 13.2 Å². The van der Waals surface area contributed by atoms with E-state index in [-0.39, 0.29) is 18.4 Å². The second-order valence-corrected chi connectivity index (χ2v) is 9.57. The van der Waals surface area contributed by atoms with Gasteiger partial charge in [0.2, 0.25) is 5.91 Å². The van der Waals surface area contributed by atoms with Gasteiger partial charge in [-0.25, -0.2) is 8.42 Å². The van der Waals surface area contributed by atoms with Crippen LogP contribution in [-0.2, 0) is 14.8 Å². The minimum Gasteiger partial charge on any atom is -0.352 e. The van der Waals surface area contributed by atoms with Gasteiger partial charge in [0.1, 0.15) is 4.21 Å². The summed E-state index contributed by atoms with van der Waals surface area (Å²) in [6.45, 7) is 1.38. The average molecular weight is 369 g/mol. The zero-order valence-corrected chi connectivity index (χ0v) is 15.4. The molecular weight excluding hydrogens is 344 g/mol. The number of amides is 1. The Balaban J connectivity index is 1.59. The van der Waals surface area contributed by atoms with Crippen molar-refractivity contribution in [3.8, 4) is 0 Å². The van der Waals surface area contributed by atoms with Gasteiger partial charge in [-0.15, -0.1) is 11.3 Å². The van der Waals surface area contributed by atoms with E-state index >= 15 is 0 Å². The average Bonchev–Trinajstić information content (AvgIpc) is 3.16. The molecule has 0 unspecified atom stereocenters. The van der Waals surface area contributed by atoms with Crippen molar-refractivity contribution >= 4 is 27.3 Å². The van der Waals surface area contributed by atoms with Crippen molar-refractivity contribution < 1.29 is 13.2 Å². The summed E-state index contributed by atoms with van der Waals surface area (Å²) in [6, 6.07) is 3.36. The van der Waals surface area contributed by atoms with E-state index in [1.165, 1.54) is 34.1 Å². The molecule has 0 aromatic carbocycles. The van der Waals surface area contributed by atoms with Crippen LogP contribution in [0.4, 0.5) is 0 Å². The maximum Gasteiger partial charge on any atom is 0.252 e. The summed E-state index contributed by atoms with van der Waals surface area (Å²) in [6.07, 6.45) is 8.28. The van der Waals surface area contributed by atoms with Crippen LogP contribution in [0, 0.1) is 5.92 Å². The van der Waals surface area contributed by atoms with Crippen LogP contribution in [0.3, 0.4) is 0 Å². The molecule has 132 valence electrons. The lowest BCUT2D eigenvalue weighted by atomic mass is 9.97. The van der Waals surface area contributed by atoms with E-state index < -0.39 is 10.0 Å². The Morgan fingerprint density at radius 3 is 2.92 bits per heavy atom. The smallest absolute Gasteiger partial charge is 0.252 e. The van der Waals surface area contributed by atoms with Crippen LogP contribution in [0.2, 0.25) is 0 Å². The summed E-state index contributed by atoms with van der Waals surface area (Å²) in [4.78, 5) is 12.4. The van der Waals surface area contributed by atoms with E-state index in [4.69, 9.17) is 0 Å². The second-order valence-electron chi connectivity index (χ2n) is 6.46. The summed E-state index contributed by atoms with van der Waals surface area (Å²) in [7, 11) is -3.46. The minimum atomic E-state index is -3.46. The molecule has 0 bridgehead atoms. The molecule has 3 rings (SSSR count). The maximum atomic E-state index is 12.6. The fourth-order valence-corrected chi connectivity index (χ4v) is 5.99. The number of allylic oxidation sites excluding steroid dienone is 1. The molecule has 1 aliphatic carbocycles. The zero-order valence-electron chi connectivity index (χ0n) is 13.7. The Kier molecular flexibility index (Phi) is 5.73. The van der Waals surface area contributed by atoms with E-state index in [1.807, 2.05) is 0 Å². The van der Waals surface area contributed by atoms with Crippen molar-refractivity contribution in [2.24, 2.45) is 5.92 Å². The third-order valence-corrected chi connectivity index (χ3v) is 7.96. The van der Waals surface area contributed by atoms with Gasteiger partial charge in [0.05, 0.1) is 5.92 Å². The van der Waals surface area contributed by atoms with Crippen molar-refractivity contribution in [3.63, 3.8) is 0 Å². The highest BCUT2D eigenvalue weighted by Gasteiger charge is 2.33. The quantitative estimate of drug-likeness (QED) is 0.813. The first-order chi connectivity index (χ1) is 11.6. The SMILES string of the molecule is O=C(NCC1=CCCCC1)[C@H]1CCCN(S(=O)(=O)c2cccs2)C1. The standard InChI is InChI=1S/C17H24N2O3S2/c20-17(18-12-14-6-2-1-3-7-14)15-8-4-10-19(13-15)24(21,22)16-9-5-11-23-16/h5-6,9,11,15H,1-4,7-8,10,12-13H2,(H,18,20)/t15-/m0/s1. The molecule has 2 aliphatic rings. The first kappa shape index (κ1) is 17.6. The van der Waals surface area contributed by atoms with Gasteiger partial charge in [-0.2, -0.15) is 4.31 Å². The molecule has 1 aromatic heterocycles. The number of thiophene rings is 1. The fourth-order valence-electron chi connectivity index (χ4n) is 3.32. The molecule has 1 aliphatic heterocycles. The van der Waals surface area contributed by atoms with Crippen LogP contribution in [-0.4, -0.2) is 38.3 Å². The Bertz CT molecular complexity index is 695. The van der Waals surface area contributed by atoms with Crippen LogP contribution in [0.25, 0.3) is 0 Å². The van der Waals surface area contributed by atoms with E-state index in [0.29, 0.717) is 17.3 Å². The van der Waals surface area contributed by atoms with Gasteiger partial charge in [-0.1, -0.05) is 17.7 Å². The van der Waals surface area contributed by atoms with E-state index in [2.05, 4.69) is 11.4 Å². The number of nitrogens with one attached hydrogen (secondary N) is 1. The highest BCUT2D eigenvalue weighted by atomic mass is 32.2. The molecule has 1 N–H and O–H groups in total. The predicted molar refractivity (Wildman–Crippen MR) is 95.4 cm³/mol. The molecule has 0 radical (unpaired) electrons. The predicted octanol–water partition coefficient (Wildman–Crippen LogP) is 2.77. The number of hydrogen-bond donors (Lipinski definition) is 1. The highest BCUT2D eigenvalue weighted by molar-refractivity contribution is 7.91. The molecule has 0 saturated carbocycles. The van der Waals surface area contributed by atoms with Crippen molar-refractivity contribution in [1.82, 2.24) is 9.62 Å². The molecular formula is C17H24N2O3S2. The van der Waals surface area contributed by atoms with Crippen molar-refractivity contribution in [2.75, 3.05) is 19.6 Å². The van der Waals surface area contributed by atoms with Crippen LogP contribution in [0.5, 0.6) is 0 Å². The first-order valence-corrected chi connectivity index (χ1v) is 10.9. The molecule has 0 spiro atoms. The Labute approximate surface area is 147 Å². The molecule has 24 heavy (non-hydrogen) atoms. The van der Waals surface area contributed by atoms with Gasteiger partial charge in [-0.3, -0.25) is 4.79 Å². The second kappa shape index (κ2) is 7.80. The van der Waals surface area contributed by atoms with Crippen molar-refractivity contribution in [1.29, 1.82) is 0 Å². The third kappa shape index (κ3) is 4.07. The van der Waals surface area contributed by atoms with Crippen LogP contribution in [0.1, 0.15) is 38.5 Å². The van der Waals surface area contributed by atoms with Gasteiger partial charge in [0, 0.05) is 19.6 Å². The fraction of sp³-hybridized carbons (Fsp3) is 0.588.